The number of ether oxygens (including phenoxy) is 2. The van der Waals surface area contributed by atoms with Gasteiger partial charge in [-0.2, -0.15) is 0 Å². The first-order valence-corrected chi connectivity index (χ1v) is 9.57. The molecule has 0 bridgehead atoms. The first-order valence-electron chi connectivity index (χ1n) is 9.57. The van der Waals surface area contributed by atoms with Crippen LogP contribution in [-0.2, 0) is 13.0 Å². The molecule has 0 aliphatic rings. The fourth-order valence-electron chi connectivity index (χ4n) is 3.07. The molecule has 1 amide bonds. The number of amides is 1. The highest BCUT2D eigenvalue weighted by atomic mass is 19.1. The average Bonchev–Trinajstić information content (AvgIpc) is 2.74. The normalized spacial score (nSPS) is 10.4. The molecule has 0 fully saturated rings. The maximum atomic E-state index is 13.0. The molecule has 0 radical (unpaired) electrons. The van der Waals surface area contributed by atoms with Crippen LogP contribution in [0.1, 0.15) is 34.8 Å². The number of rotatable bonds is 8. The van der Waals surface area contributed by atoms with Gasteiger partial charge in [0.15, 0.2) is 0 Å². The van der Waals surface area contributed by atoms with Gasteiger partial charge in [0, 0.05) is 6.54 Å². The lowest BCUT2D eigenvalue weighted by Gasteiger charge is -2.14. The van der Waals surface area contributed by atoms with Gasteiger partial charge in [-0.3, -0.25) is 4.79 Å². The van der Waals surface area contributed by atoms with E-state index < -0.39 is 0 Å². The highest BCUT2D eigenvalue weighted by molar-refractivity contribution is 5.98. The van der Waals surface area contributed by atoms with Crippen LogP contribution >= 0.6 is 0 Å². The van der Waals surface area contributed by atoms with E-state index in [1.165, 1.54) is 12.1 Å². The zero-order valence-corrected chi connectivity index (χ0v) is 16.6. The van der Waals surface area contributed by atoms with E-state index >= 15 is 0 Å². The van der Waals surface area contributed by atoms with Crippen LogP contribution in [0.15, 0.2) is 66.7 Å². The Morgan fingerprint density at radius 3 is 2.24 bits per heavy atom. The number of hydrogen-bond acceptors (Lipinski definition) is 3. The third kappa shape index (κ3) is 5.35. The lowest BCUT2D eigenvalue weighted by atomic mass is 10.0. The summed E-state index contributed by atoms with van der Waals surface area (Å²) < 4.78 is 24.0. The van der Waals surface area contributed by atoms with Gasteiger partial charge in [0.2, 0.25) is 0 Å². The summed E-state index contributed by atoms with van der Waals surface area (Å²) in [6.45, 7) is 2.47. The van der Waals surface area contributed by atoms with E-state index in [0.29, 0.717) is 29.4 Å². The fourth-order valence-corrected chi connectivity index (χ4v) is 3.07. The van der Waals surface area contributed by atoms with Crippen molar-refractivity contribution >= 4 is 5.91 Å². The van der Waals surface area contributed by atoms with Crippen LogP contribution in [0.4, 0.5) is 4.39 Å². The Morgan fingerprint density at radius 1 is 0.966 bits per heavy atom. The molecule has 0 unspecified atom stereocenters. The van der Waals surface area contributed by atoms with Gasteiger partial charge >= 0.3 is 0 Å². The fraction of sp³-hybridized carbons (Fsp3) is 0.208. The molecule has 1 N–H and O–H groups in total. The summed E-state index contributed by atoms with van der Waals surface area (Å²) in [7, 11) is 1.57. The average molecular weight is 393 g/mol. The molecule has 29 heavy (non-hydrogen) atoms. The number of methoxy groups -OCH3 is 1. The smallest absolute Gasteiger partial charge is 0.255 e. The van der Waals surface area contributed by atoms with Crippen LogP contribution in [0.25, 0.3) is 0 Å². The summed E-state index contributed by atoms with van der Waals surface area (Å²) in [4.78, 5) is 12.8. The molecule has 0 aliphatic carbocycles. The number of aryl methyl sites for hydroxylation is 1. The maximum Gasteiger partial charge on any atom is 0.255 e. The van der Waals surface area contributed by atoms with E-state index in [2.05, 4.69) is 12.2 Å². The first-order chi connectivity index (χ1) is 14.1. The van der Waals surface area contributed by atoms with E-state index in [1.807, 2.05) is 36.4 Å². The Balaban J connectivity index is 1.64. The topological polar surface area (TPSA) is 47.6 Å². The molecule has 3 rings (SSSR count). The van der Waals surface area contributed by atoms with Gasteiger partial charge < -0.3 is 14.8 Å². The van der Waals surface area contributed by atoms with Crippen molar-refractivity contribution in [2.45, 2.75) is 26.3 Å². The molecular weight excluding hydrogens is 369 g/mol. The van der Waals surface area contributed by atoms with E-state index in [-0.39, 0.29) is 11.7 Å². The highest BCUT2D eigenvalue weighted by Gasteiger charge is 2.16. The van der Waals surface area contributed by atoms with Crippen molar-refractivity contribution in [2.24, 2.45) is 0 Å². The monoisotopic (exact) mass is 393 g/mol. The lowest BCUT2D eigenvalue weighted by Crippen LogP contribution is -2.24. The van der Waals surface area contributed by atoms with Crippen LogP contribution in [0.2, 0.25) is 0 Å². The molecule has 0 heterocycles. The molecule has 0 aliphatic heterocycles. The Kier molecular flexibility index (Phi) is 6.85. The number of hydrogen-bond donors (Lipinski definition) is 1. The molecule has 3 aromatic rings. The Bertz CT molecular complexity index is 953. The summed E-state index contributed by atoms with van der Waals surface area (Å²) in [6, 6.07) is 18.9. The third-order valence-electron chi connectivity index (χ3n) is 4.50. The minimum absolute atomic E-state index is 0.155. The van der Waals surface area contributed by atoms with Crippen molar-refractivity contribution in [3.63, 3.8) is 0 Å². The minimum atomic E-state index is -0.305. The molecule has 0 aromatic heterocycles. The van der Waals surface area contributed by atoms with E-state index in [4.69, 9.17) is 9.47 Å². The van der Waals surface area contributed by atoms with Crippen molar-refractivity contribution in [2.75, 3.05) is 7.11 Å². The van der Waals surface area contributed by atoms with Crippen LogP contribution in [-0.4, -0.2) is 13.0 Å². The summed E-state index contributed by atoms with van der Waals surface area (Å²) in [6.07, 6.45) is 1.76. The van der Waals surface area contributed by atoms with E-state index in [1.54, 1.807) is 25.3 Å². The molecule has 4 nitrogen and oxygen atoms in total. The minimum Gasteiger partial charge on any atom is -0.496 e. The highest BCUT2D eigenvalue weighted by Crippen LogP contribution is 2.24. The van der Waals surface area contributed by atoms with Crippen LogP contribution < -0.4 is 14.8 Å². The van der Waals surface area contributed by atoms with Crippen LogP contribution in [0.3, 0.4) is 0 Å². The Labute approximate surface area is 170 Å². The lowest BCUT2D eigenvalue weighted by molar-refractivity contribution is 0.0947. The maximum absolute atomic E-state index is 13.0. The third-order valence-corrected chi connectivity index (χ3v) is 4.50. The second kappa shape index (κ2) is 9.73. The van der Waals surface area contributed by atoms with Gasteiger partial charge in [0.25, 0.3) is 5.91 Å². The van der Waals surface area contributed by atoms with E-state index in [0.717, 1.165) is 24.0 Å². The van der Waals surface area contributed by atoms with Crippen molar-refractivity contribution in [3.8, 4) is 17.2 Å². The molecule has 0 saturated carbocycles. The molecule has 5 heteroatoms. The molecular formula is C24H24FNO3. The zero-order chi connectivity index (χ0) is 20.6. The number of benzene rings is 3. The molecule has 3 aromatic carbocycles. The largest absolute Gasteiger partial charge is 0.496 e. The van der Waals surface area contributed by atoms with Gasteiger partial charge in [-0.05, 0) is 60.0 Å². The predicted molar refractivity (Wildman–Crippen MR) is 111 cm³/mol. The van der Waals surface area contributed by atoms with Crippen molar-refractivity contribution in [1.82, 2.24) is 5.32 Å². The first kappa shape index (κ1) is 20.4. The summed E-state index contributed by atoms with van der Waals surface area (Å²) >= 11 is 0. The zero-order valence-electron chi connectivity index (χ0n) is 16.6. The SMILES string of the molecule is CCCc1cccc(OC)c1C(=O)NCc1ccc(Oc2ccc(F)cc2)cc1. The molecule has 0 saturated heterocycles. The van der Waals surface area contributed by atoms with Crippen molar-refractivity contribution in [1.29, 1.82) is 0 Å². The standard InChI is InChI=1S/C24H24FNO3/c1-3-5-18-6-4-7-22(28-2)23(18)24(27)26-16-17-8-12-20(13-9-17)29-21-14-10-19(25)11-15-21/h4,6-15H,3,5,16H2,1-2H3,(H,26,27). The van der Waals surface area contributed by atoms with Gasteiger partial charge in [0.1, 0.15) is 23.1 Å². The van der Waals surface area contributed by atoms with Crippen LogP contribution in [0.5, 0.6) is 17.2 Å². The summed E-state index contributed by atoms with van der Waals surface area (Å²) in [5.74, 6) is 1.32. The Morgan fingerprint density at radius 2 is 1.62 bits per heavy atom. The van der Waals surface area contributed by atoms with Crippen molar-refractivity contribution < 1.29 is 18.7 Å². The number of carbonyl (C=O) groups is 1. The van der Waals surface area contributed by atoms with Gasteiger partial charge in [-0.25, -0.2) is 4.39 Å². The van der Waals surface area contributed by atoms with Crippen LogP contribution in [0, 0.1) is 5.82 Å². The van der Waals surface area contributed by atoms with Gasteiger partial charge in [-0.15, -0.1) is 0 Å². The second-order valence-electron chi connectivity index (χ2n) is 6.63. The quantitative estimate of drug-likeness (QED) is 0.549. The van der Waals surface area contributed by atoms with Crippen molar-refractivity contribution in [3.05, 3.63) is 89.2 Å². The second-order valence-corrected chi connectivity index (χ2v) is 6.63. The Hall–Kier alpha value is -3.34. The molecule has 0 atom stereocenters. The molecule has 0 spiro atoms. The van der Waals surface area contributed by atoms with Gasteiger partial charge in [0.05, 0.1) is 12.7 Å². The summed E-state index contributed by atoms with van der Waals surface area (Å²) in [5, 5.41) is 2.96. The number of nitrogens with one attached hydrogen (secondary N) is 1. The van der Waals surface area contributed by atoms with Gasteiger partial charge in [-0.1, -0.05) is 37.6 Å². The number of carbonyl (C=O) groups excluding carboxylic acids is 1. The van der Waals surface area contributed by atoms with E-state index in [9.17, 15) is 9.18 Å². The summed E-state index contributed by atoms with van der Waals surface area (Å²) in [5.41, 5.74) is 2.51. The molecule has 150 valence electrons. The predicted octanol–water partition coefficient (Wildman–Crippen LogP) is 5.51. The number of halogens is 1.